The Morgan fingerprint density at radius 2 is 1.79 bits per heavy atom. The summed E-state index contributed by atoms with van der Waals surface area (Å²) in [6.07, 6.45) is 0.814. The number of anilines is 1. The normalized spacial score (nSPS) is 18.0. The fourth-order valence-electron chi connectivity index (χ4n) is 5.96. The standard InChI is InChI=1S/C33H30Cl2N4O3S/c1-18-11-19(2)24(12-20(18)17-43-23-8-5-21(34)6-9-23)30-25(16-36)32(37)38(27-10-7-22(39(41)42)13-26(27)35)28-14-33(3,4)15-29(40)31(28)30/h5-13,30H,14-15,17,37H2,1-4H3. The Hall–Kier alpha value is -3.77. The van der Waals surface area contributed by atoms with E-state index in [0.29, 0.717) is 40.6 Å². The zero-order valence-corrected chi connectivity index (χ0v) is 26.5. The van der Waals surface area contributed by atoms with E-state index in [-0.39, 0.29) is 33.3 Å². The highest BCUT2D eigenvalue weighted by atomic mass is 35.5. The molecule has 1 heterocycles. The molecule has 0 bridgehead atoms. The van der Waals surface area contributed by atoms with Crippen LogP contribution in [0.4, 0.5) is 11.4 Å². The smallest absolute Gasteiger partial charge is 0.271 e. The van der Waals surface area contributed by atoms with Crippen LogP contribution in [0, 0.1) is 40.7 Å². The molecule has 220 valence electrons. The average Bonchev–Trinajstić information content (AvgIpc) is 2.93. The number of hydrogen-bond donors (Lipinski definition) is 1. The first-order chi connectivity index (χ1) is 20.3. The molecule has 0 radical (unpaired) electrons. The van der Waals surface area contributed by atoms with Crippen LogP contribution in [-0.4, -0.2) is 10.7 Å². The van der Waals surface area contributed by atoms with E-state index in [2.05, 4.69) is 25.1 Å². The van der Waals surface area contributed by atoms with Crippen LogP contribution >= 0.6 is 35.0 Å². The predicted octanol–water partition coefficient (Wildman–Crippen LogP) is 8.75. The maximum absolute atomic E-state index is 14.0. The van der Waals surface area contributed by atoms with E-state index in [4.69, 9.17) is 28.9 Å². The van der Waals surface area contributed by atoms with Gasteiger partial charge in [-0.1, -0.05) is 49.2 Å². The van der Waals surface area contributed by atoms with E-state index in [9.17, 15) is 20.2 Å². The first-order valence-corrected chi connectivity index (χ1v) is 15.4. The zero-order valence-electron chi connectivity index (χ0n) is 24.2. The fraction of sp³-hybridized carbons (Fsp3) is 0.273. The van der Waals surface area contributed by atoms with Crippen LogP contribution in [0.1, 0.15) is 54.9 Å². The van der Waals surface area contributed by atoms with Crippen molar-refractivity contribution in [3.63, 3.8) is 0 Å². The van der Waals surface area contributed by atoms with Crippen LogP contribution in [0.15, 0.2) is 82.2 Å². The second kappa shape index (κ2) is 11.7. The molecular formula is C33H30Cl2N4O3S. The molecule has 1 unspecified atom stereocenters. The molecule has 5 rings (SSSR count). The van der Waals surface area contributed by atoms with Gasteiger partial charge in [0.15, 0.2) is 5.78 Å². The Morgan fingerprint density at radius 1 is 1.09 bits per heavy atom. The number of non-ortho nitro benzene ring substituents is 1. The van der Waals surface area contributed by atoms with Crippen molar-refractivity contribution in [2.75, 3.05) is 4.90 Å². The monoisotopic (exact) mass is 632 g/mol. The molecular weight excluding hydrogens is 603 g/mol. The molecule has 43 heavy (non-hydrogen) atoms. The maximum Gasteiger partial charge on any atom is 0.271 e. The largest absolute Gasteiger partial charge is 0.384 e. The number of Topliss-reactive ketones (excluding diaryl/α,β-unsaturated/α-hetero) is 1. The number of nitriles is 1. The third-order valence-corrected chi connectivity index (χ3v) is 9.62. The van der Waals surface area contributed by atoms with E-state index in [1.54, 1.807) is 16.7 Å². The number of carbonyl (C=O) groups is 1. The van der Waals surface area contributed by atoms with Gasteiger partial charge < -0.3 is 5.73 Å². The molecule has 10 heteroatoms. The van der Waals surface area contributed by atoms with Crippen molar-refractivity contribution in [3.05, 3.63) is 120 Å². The Kier molecular flexibility index (Phi) is 8.36. The van der Waals surface area contributed by atoms with Gasteiger partial charge in [-0.15, -0.1) is 11.8 Å². The van der Waals surface area contributed by atoms with Gasteiger partial charge in [-0.25, -0.2) is 0 Å². The molecule has 1 aliphatic heterocycles. The number of aryl methyl sites for hydroxylation is 2. The summed E-state index contributed by atoms with van der Waals surface area (Å²) in [6.45, 7) is 8.08. The minimum atomic E-state index is -0.656. The summed E-state index contributed by atoms with van der Waals surface area (Å²) in [5, 5.41) is 22.7. The van der Waals surface area contributed by atoms with E-state index in [1.165, 1.54) is 18.2 Å². The van der Waals surface area contributed by atoms with Gasteiger partial charge in [-0.05, 0) is 78.3 Å². The predicted molar refractivity (Wildman–Crippen MR) is 172 cm³/mol. The number of rotatable bonds is 6. The highest BCUT2D eigenvalue weighted by Crippen LogP contribution is 2.52. The number of nitrogens with zero attached hydrogens (tertiary/aromatic N) is 3. The molecule has 3 aromatic rings. The van der Waals surface area contributed by atoms with E-state index < -0.39 is 10.8 Å². The first kappa shape index (κ1) is 30.7. The van der Waals surface area contributed by atoms with Crippen molar-refractivity contribution >= 4 is 52.1 Å². The Labute approximate surface area is 265 Å². The third kappa shape index (κ3) is 5.90. The number of ketones is 1. The Bertz CT molecular complexity index is 1770. The lowest BCUT2D eigenvalue weighted by molar-refractivity contribution is -0.384. The van der Waals surface area contributed by atoms with Crippen molar-refractivity contribution < 1.29 is 9.72 Å². The number of halogens is 2. The molecule has 7 nitrogen and oxygen atoms in total. The van der Waals surface area contributed by atoms with Crippen LogP contribution in [-0.2, 0) is 10.5 Å². The highest BCUT2D eigenvalue weighted by Gasteiger charge is 2.45. The van der Waals surface area contributed by atoms with Crippen molar-refractivity contribution in [1.29, 1.82) is 5.26 Å². The molecule has 0 saturated carbocycles. The van der Waals surface area contributed by atoms with E-state index in [0.717, 1.165) is 27.1 Å². The van der Waals surface area contributed by atoms with Crippen molar-refractivity contribution in [1.82, 2.24) is 0 Å². The number of allylic oxidation sites excluding steroid dienone is 3. The molecule has 0 spiro atoms. The highest BCUT2D eigenvalue weighted by molar-refractivity contribution is 7.98. The number of benzene rings is 3. The van der Waals surface area contributed by atoms with Gasteiger partial charge in [-0.2, -0.15) is 5.26 Å². The summed E-state index contributed by atoms with van der Waals surface area (Å²) in [7, 11) is 0. The second-order valence-electron chi connectivity index (χ2n) is 11.8. The maximum atomic E-state index is 14.0. The number of nitrogens with two attached hydrogens (primary N) is 1. The molecule has 3 aromatic carbocycles. The number of nitro benzene ring substituents is 1. The summed E-state index contributed by atoms with van der Waals surface area (Å²) in [5.74, 6) is 0.129. The van der Waals surface area contributed by atoms with Crippen LogP contribution in [0.5, 0.6) is 0 Å². The van der Waals surface area contributed by atoms with Crippen LogP contribution < -0.4 is 10.6 Å². The van der Waals surface area contributed by atoms with Gasteiger partial charge in [0.1, 0.15) is 5.82 Å². The molecule has 1 aliphatic carbocycles. The minimum absolute atomic E-state index is 0.0587. The number of carbonyl (C=O) groups excluding carboxylic acids is 1. The van der Waals surface area contributed by atoms with Gasteiger partial charge >= 0.3 is 0 Å². The number of nitro groups is 1. The second-order valence-corrected chi connectivity index (χ2v) is 13.6. The molecule has 1 atom stereocenters. The van der Waals surface area contributed by atoms with Crippen LogP contribution in [0.3, 0.4) is 0 Å². The Balaban J connectivity index is 1.67. The van der Waals surface area contributed by atoms with Gasteiger partial charge in [0.2, 0.25) is 0 Å². The van der Waals surface area contributed by atoms with Crippen molar-refractivity contribution in [2.24, 2.45) is 11.1 Å². The Morgan fingerprint density at radius 3 is 2.42 bits per heavy atom. The molecule has 0 aromatic heterocycles. The molecule has 0 fully saturated rings. The average molecular weight is 634 g/mol. The SMILES string of the molecule is Cc1cc(C)c(C2C(C#N)=C(N)N(c3ccc([N+](=O)[O-])cc3Cl)C3=C2C(=O)CC(C)(C)C3)cc1CSc1ccc(Cl)cc1. The summed E-state index contributed by atoms with van der Waals surface area (Å²) in [5.41, 5.74) is 12.1. The van der Waals surface area contributed by atoms with Crippen molar-refractivity contribution in [3.8, 4) is 6.07 Å². The van der Waals surface area contributed by atoms with Gasteiger partial charge in [0.25, 0.3) is 5.69 Å². The summed E-state index contributed by atoms with van der Waals surface area (Å²) >= 11 is 14.3. The van der Waals surface area contributed by atoms with E-state index in [1.807, 2.05) is 45.0 Å². The lowest BCUT2D eigenvalue weighted by Crippen LogP contribution is -2.42. The van der Waals surface area contributed by atoms with Gasteiger partial charge in [0.05, 0.1) is 33.2 Å². The lowest BCUT2D eigenvalue weighted by atomic mass is 9.68. The third-order valence-electron chi connectivity index (χ3n) is 8.01. The van der Waals surface area contributed by atoms with Crippen LogP contribution in [0.2, 0.25) is 10.0 Å². The zero-order chi connectivity index (χ0) is 31.2. The topological polar surface area (TPSA) is 113 Å². The first-order valence-electron chi connectivity index (χ1n) is 13.7. The fourth-order valence-corrected chi connectivity index (χ4v) is 7.31. The minimum Gasteiger partial charge on any atom is -0.384 e. The van der Waals surface area contributed by atoms with E-state index >= 15 is 0 Å². The quantitative estimate of drug-likeness (QED) is 0.164. The van der Waals surface area contributed by atoms with Gasteiger partial charge in [0, 0.05) is 45.5 Å². The number of hydrogen-bond acceptors (Lipinski definition) is 7. The van der Waals surface area contributed by atoms with Gasteiger partial charge in [-0.3, -0.25) is 19.8 Å². The molecule has 2 aliphatic rings. The lowest BCUT2D eigenvalue weighted by Gasteiger charge is -2.44. The molecule has 0 amide bonds. The number of thioether (sulfide) groups is 1. The summed E-state index contributed by atoms with van der Waals surface area (Å²) < 4.78 is 0. The summed E-state index contributed by atoms with van der Waals surface area (Å²) in [6, 6.07) is 18.3. The molecule has 2 N–H and O–H groups in total. The summed E-state index contributed by atoms with van der Waals surface area (Å²) in [4.78, 5) is 27.6. The van der Waals surface area contributed by atoms with Crippen LogP contribution in [0.25, 0.3) is 0 Å². The van der Waals surface area contributed by atoms with Crippen molar-refractivity contribution in [2.45, 2.75) is 57.1 Å². The molecule has 0 saturated heterocycles.